The van der Waals surface area contributed by atoms with Gasteiger partial charge in [0.1, 0.15) is 12.4 Å². The molecule has 2 heterocycles. The number of rotatable bonds is 9. The van der Waals surface area contributed by atoms with Crippen molar-refractivity contribution in [2.24, 2.45) is 0 Å². The van der Waals surface area contributed by atoms with Gasteiger partial charge in [-0.25, -0.2) is 9.37 Å². The number of carbonyl (C=O) groups excluding carboxylic acids is 1. The lowest BCUT2D eigenvalue weighted by Gasteiger charge is -2.16. The van der Waals surface area contributed by atoms with Crippen LogP contribution in [-0.4, -0.2) is 41.8 Å². The van der Waals surface area contributed by atoms with Gasteiger partial charge in [-0.05, 0) is 35.9 Å². The van der Waals surface area contributed by atoms with E-state index in [-0.39, 0.29) is 18.3 Å². The van der Waals surface area contributed by atoms with Crippen molar-refractivity contribution >= 4 is 34.4 Å². The van der Waals surface area contributed by atoms with E-state index in [1.165, 1.54) is 45.2 Å². The molecule has 1 amide bonds. The molecule has 4 aromatic rings. The second kappa shape index (κ2) is 10.4. The minimum absolute atomic E-state index is 0.00875. The Labute approximate surface area is 200 Å². The molecule has 0 saturated heterocycles. The summed E-state index contributed by atoms with van der Waals surface area (Å²) in [5.41, 5.74) is 2.70. The highest BCUT2D eigenvalue weighted by molar-refractivity contribution is 7.98. The summed E-state index contributed by atoms with van der Waals surface area (Å²) in [7, 11) is 4.51. The predicted molar refractivity (Wildman–Crippen MR) is 128 cm³/mol. The maximum atomic E-state index is 13.6. The number of hydrogen-bond donors (Lipinski definition) is 1. The van der Waals surface area contributed by atoms with Crippen LogP contribution in [0.3, 0.4) is 0 Å². The zero-order chi connectivity index (χ0) is 24.1. The molecule has 2 aromatic carbocycles. The molecule has 8 nitrogen and oxygen atoms in total. The number of imidazole rings is 1. The molecule has 0 radical (unpaired) electrons. The highest BCUT2D eigenvalue weighted by atomic mass is 32.2. The van der Waals surface area contributed by atoms with Gasteiger partial charge in [0.25, 0.3) is 0 Å². The zero-order valence-corrected chi connectivity index (χ0v) is 19.7. The lowest BCUT2D eigenvalue weighted by Crippen LogP contribution is -2.20. The Hall–Kier alpha value is -3.79. The van der Waals surface area contributed by atoms with Gasteiger partial charge >= 0.3 is 0 Å². The summed E-state index contributed by atoms with van der Waals surface area (Å²) in [5, 5.41) is 3.50. The van der Waals surface area contributed by atoms with E-state index in [4.69, 9.17) is 14.2 Å². The van der Waals surface area contributed by atoms with Crippen molar-refractivity contribution in [3.63, 3.8) is 0 Å². The molecule has 0 aliphatic carbocycles. The van der Waals surface area contributed by atoms with Crippen LogP contribution in [0.5, 0.6) is 17.2 Å². The molecule has 0 aliphatic rings. The van der Waals surface area contributed by atoms with E-state index < -0.39 is 0 Å². The zero-order valence-electron chi connectivity index (χ0n) is 18.9. The van der Waals surface area contributed by atoms with Crippen LogP contribution < -0.4 is 19.5 Å². The summed E-state index contributed by atoms with van der Waals surface area (Å²) in [6.45, 7) is -0.00875. The number of nitrogens with one attached hydrogen (secondary N) is 1. The molecule has 1 N–H and O–H groups in total. The fourth-order valence-corrected chi connectivity index (χ4v) is 4.48. The Balaban J connectivity index is 1.59. The highest BCUT2D eigenvalue weighted by Gasteiger charge is 2.19. The number of benzene rings is 2. The summed E-state index contributed by atoms with van der Waals surface area (Å²) >= 11 is 1.42. The van der Waals surface area contributed by atoms with Gasteiger partial charge in [0.15, 0.2) is 16.7 Å². The first kappa shape index (κ1) is 23.4. The van der Waals surface area contributed by atoms with E-state index in [2.05, 4.69) is 15.3 Å². The third-order valence-electron chi connectivity index (χ3n) is 5.05. The smallest absolute Gasteiger partial charge is 0.244 e. The second-order valence-electron chi connectivity index (χ2n) is 7.19. The monoisotopic (exact) mass is 482 g/mol. The minimum Gasteiger partial charge on any atom is -0.493 e. The molecule has 34 heavy (non-hydrogen) atoms. The molecule has 0 aliphatic heterocycles. The van der Waals surface area contributed by atoms with E-state index >= 15 is 0 Å². The first-order chi connectivity index (χ1) is 16.5. The predicted octanol–water partition coefficient (Wildman–Crippen LogP) is 4.53. The fraction of sp³-hybridized carbons (Fsp3) is 0.208. The number of ether oxygens (including phenoxy) is 3. The highest BCUT2D eigenvalue weighted by Crippen LogP contribution is 2.42. The SMILES string of the molecule is COc1ccc(NC(=O)Cn2c(SCc3cccc(F)c3)nc3ccncc32)c(OC)c1OC. The minimum atomic E-state index is -0.293. The normalized spacial score (nSPS) is 10.8. The van der Waals surface area contributed by atoms with Crippen molar-refractivity contribution in [2.75, 3.05) is 26.6 Å². The number of carbonyl (C=O) groups is 1. The number of thioether (sulfide) groups is 1. The van der Waals surface area contributed by atoms with Crippen LogP contribution in [-0.2, 0) is 17.1 Å². The van der Waals surface area contributed by atoms with Crippen molar-refractivity contribution in [1.82, 2.24) is 14.5 Å². The molecule has 0 unspecified atom stereocenters. The Morgan fingerprint density at radius 1 is 1.09 bits per heavy atom. The molecule has 0 spiro atoms. The van der Waals surface area contributed by atoms with Crippen LogP contribution in [0.1, 0.15) is 5.56 Å². The summed E-state index contributed by atoms with van der Waals surface area (Å²) in [6.07, 6.45) is 3.31. The molecule has 176 valence electrons. The molecule has 0 fully saturated rings. The van der Waals surface area contributed by atoms with Gasteiger partial charge in [0.2, 0.25) is 11.7 Å². The number of halogens is 1. The van der Waals surface area contributed by atoms with Crippen LogP contribution in [0, 0.1) is 5.82 Å². The van der Waals surface area contributed by atoms with Crippen LogP contribution >= 0.6 is 11.8 Å². The maximum Gasteiger partial charge on any atom is 0.244 e. The average molecular weight is 483 g/mol. The molecule has 2 aromatic heterocycles. The summed E-state index contributed by atoms with van der Waals surface area (Å²) < 4.78 is 31.5. The van der Waals surface area contributed by atoms with Crippen LogP contribution in [0.4, 0.5) is 10.1 Å². The van der Waals surface area contributed by atoms with Gasteiger partial charge in [-0.3, -0.25) is 9.78 Å². The Morgan fingerprint density at radius 2 is 1.91 bits per heavy atom. The molecule has 0 saturated carbocycles. The molecule has 4 rings (SSSR count). The number of methoxy groups -OCH3 is 3. The van der Waals surface area contributed by atoms with Gasteiger partial charge in [0.05, 0.1) is 44.2 Å². The van der Waals surface area contributed by atoms with Gasteiger partial charge in [-0.1, -0.05) is 23.9 Å². The molecule has 10 heteroatoms. The number of anilines is 1. The van der Waals surface area contributed by atoms with Gasteiger partial charge in [-0.2, -0.15) is 0 Å². The number of fused-ring (bicyclic) bond motifs is 1. The third kappa shape index (κ3) is 4.91. The van der Waals surface area contributed by atoms with E-state index in [9.17, 15) is 9.18 Å². The number of nitrogens with zero attached hydrogens (tertiary/aromatic N) is 3. The maximum absolute atomic E-state index is 13.6. The van der Waals surface area contributed by atoms with Gasteiger partial charge < -0.3 is 24.1 Å². The van der Waals surface area contributed by atoms with E-state index in [1.807, 2.05) is 6.07 Å². The van der Waals surface area contributed by atoms with Crippen molar-refractivity contribution in [3.8, 4) is 17.2 Å². The standard InChI is InChI=1S/C24H23FN4O4S/c1-31-20-8-7-18(22(32-2)23(20)33-3)27-21(30)13-29-19-12-26-10-9-17(19)28-24(29)34-14-15-5-4-6-16(25)11-15/h4-12H,13-14H2,1-3H3,(H,27,30). The van der Waals surface area contributed by atoms with E-state index in [0.29, 0.717) is 39.4 Å². The van der Waals surface area contributed by atoms with Crippen LogP contribution in [0.15, 0.2) is 60.0 Å². The van der Waals surface area contributed by atoms with Crippen LogP contribution in [0.2, 0.25) is 0 Å². The average Bonchev–Trinajstić information content (AvgIpc) is 3.19. The van der Waals surface area contributed by atoms with Crippen molar-refractivity contribution in [2.45, 2.75) is 17.5 Å². The fourth-order valence-electron chi connectivity index (χ4n) is 3.52. The Morgan fingerprint density at radius 3 is 2.65 bits per heavy atom. The van der Waals surface area contributed by atoms with Crippen molar-refractivity contribution in [1.29, 1.82) is 0 Å². The summed E-state index contributed by atoms with van der Waals surface area (Å²) in [5.74, 6) is 1.14. The van der Waals surface area contributed by atoms with Crippen LogP contribution in [0.25, 0.3) is 11.0 Å². The lowest BCUT2D eigenvalue weighted by atomic mass is 10.2. The molecule has 0 atom stereocenters. The summed E-state index contributed by atoms with van der Waals surface area (Å²) in [4.78, 5) is 21.9. The first-order valence-corrected chi connectivity index (χ1v) is 11.3. The van der Waals surface area contributed by atoms with E-state index in [1.54, 1.807) is 41.2 Å². The number of hydrogen-bond acceptors (Lipinski definition) is 7. The number of aromatic nitrogens is 3. The van der Waals surface area contributed by atoms with Gasteiger partial charge in [-0.15, -0.1) is 0 Å². The summed E-state index contributed by atoms with van der Waals surface area (Å²) in [6, 6.07) is 11.6. The lowest BCUT2D eigenvalue weighted by molar-refractivity contribution is -0.116. The number of pyridine rings is 1. The largest absolute Gasteiger partial charge is 0.493 e. The topological polar surface area (TPSA) is 87.5 Å². The molecular formula is C24H23FN4O4S. The first-order valence-electron chi connectivity index (χ1n) is 10.3. The van der Waals surface area contributed by atoms with Crippen molar-refractivity contribution in [3.05, 3.63) is 66.2 Å². The molecule has 0 bridgehead atoms. The quantitative estimate of drug-likeness (QED) is 0.351. The Kier molecular flexibility index (Phi) is 7.17. The third-order valence-corrected chi connectivity index (χ3v) is 6.10. The second-order valence-corrected chi connectivity index (χ2v) is 8.14. The Bertz CT molecular complexity index is 1330. The number of amides is 1. The van der Waals surface area contributed by atoms with Gasteiger partial charge in [0, 0.05) is 11.9 Å². The molecular weight excluding hydrogens is 459 g/mol. The van der Waals surface area contributed by atoms with E-state index in [0.717, 1.165) is 11.1 Å². The van der Waals surface area contributed by atoms with Crippen molar-refractivity contribution < 1.29 is 23.4 Å².